The van der Waals surface area contributed by atoms with Crippen LogP contribution in [0.3, 0.4) is 0 Å². The molecule has 4 nitrogen and oxygen atoms in total. The summed E-state index contributed by atoms with van der Waals surface area (Å²) in [5.41, 5.74) is 6.78. The van der Waals surface area contributed by atoms with Crippen LogP contribution in [0.1, 0.15) is 39.0 Å². The Morgan fingerprint density at radius 1 is 1.48 bits per heavy atom. The average molecular weight is 311 g/mol. The van der Waals surface area contributed by atoms with E-state index in [1.807, 2.05) is 0 Å². The summed E-state index contributed by atoms with van der Waals surface area (Å²) < 4.78 is 5.80. The monoisotopic (exact) mass is 310 g/mol. The van der Waals surface area contributed by atoms with Crippen LogP contribution < -0.4 is 11.1 Å². The van der Waals surface area contributed by atoms with Crippen molar-refractivity contribution in [1.82, 2.24) is 0 Å². The van der Waals surface area contributed by atoms with Gasteiger partial charge in [0.15, 0.2) is 0 Å². The molecule has 1 aromatic carbocycles. The first-order chi connectivity index (χ1) is 10.0. The maximum absolute atomic E-state index is 11.9. The second kappa shape index (κ2) is 7.66. The molecule has 2 atom stereocenters. The van der Waals surface area contributed by atoms with Crippen LogP contribution in [0.15, 0.2) is 18.2 Å². The molecule has 0 radical (unpaired) electrons. The first-order valence-corrected chi connectivity index (χ1v) is 7.89. The number of nitrogen functional groups attached to an aromatic ring is 1. The molecule has 116 valence electrons. The summed E-state index contributed by atoms with van der Waals surface area (Å²) in [6.07, 6.45) is 5.36. The summed E-state index contributed by atoms with van der Waals surface area (Å²) >= 11 is 6.02. The van der Waals surface area contributed by atoms with Crippen LogP contribution in [0.5, 0.6) is 0 Å². The Labute approximate surface area is 131 Å². The normalized spacial score (nSPS) is 22.0. The fourth-order valence-electron chi connectivity index (χ4n) is 2.69. The van der Waals surface area contributed by atoms with Gasteiger partial charge in [-0.05, 0) is 37.0 Å². The van der Waals surface area contributed by atoms with E-state index in [9.17, 15) is 4.79 Å². The zero-order valence-electron chi connectivity index (χ0n) is 12.4. The molecule has 1 saturated carbocycles. The molecule has 1 fully saturated rings. The van der Waals surface area contributed by atoms with Gasteiger partial charge in [-0.15, -0.1) is 0 Å². The number of hydrogen-bond acceptors (Lipinski definition) is 3. The summed E-state index contributed by atoms with van der Waals surface area (Å²) in [5.74, 6) is 0.636. The van der Waals surface area contributed by atoms with Crippen molar-refractivity contribution < 1.29 is 9.53 Å². The van der Waals surface area contributed by atoms with E-state index >= 15 is 0 Å². The lowest BCUT2D eigenvalue weighted by Crippen LogP contribution is -2.23. The van der Waals surface area contributed by atoms with Gasteiger partial charge in [0.05, 0.1) is 29.8 Å². The van der Waals surface area contributed by atoms with E-state index in [-0.39, 0.29) is 5.91 Å². The summed E-state index contributed by atoms with van der Waals surface area (Å²) in [6, 6.07) is 5.04. The second-order valence-corrected chi connectivity index (χ2v) is 6.21. The maximum atomic E-state index is 11.9. The molecule has 0 aromatic heterocycles. The van der Waals surface area contributed by atoms with Gasteiger partial charge in [-0.3, -0.25) is 4.79 Å². The van der Waals surface area contributed by atoms with E-state index in [0.29, 0.717) is 35.5 Å². The Kier molecular flexibility index (Phi) is 5.88. The highest BCUT2D eigenvalue weighted by Crippen LogP contribution is 2.26. The van der Waals surface area contributed by atoms with Crippen molar-refractivity contribution in [3.8, 4) is 0 Å². The largest absolute Gasteiger partial charge is 0.399 e. The Morgan fingerprint density at radius 3 is 3.00 bits per heavy atom. The summed E-state index contributed by atoms with van der Waals surface area (Å²) in [6.45, 7) is 2.71. The van der Waals surface area contributed by atoms with Crippen molar-refractivity contribution >= 4 is 28.9 Å². The number of nitrogens with one attached hydrogen (secondary N) is 1. The predicted octanol–water partition coefficient (Wildman–Crippen LogP) is 3.85. The lowest BCUT2D eigenvalue weighted by molar-refractivity contribution is -0.117. The van der Waals surface area contributed by atoms with Gasteiger partial charge in [0, 0.05) is 5.69 Å². The first kappa shape index (κ1) is 16.1. The van der Waals surface area contributed by atoms with Crippen molar-refractivity contribution in [2.75, 3.05) is 17.7 Å². The van der Waals surface area contributed by atoms with Gasteiger partial charge in [-0.1, -0.05) is 31.4 Å². The van der Waals surface area contributed by atoms with Crippen LogP contribution in [0, 0.1) is 5.92 Å². The van der Waals surface area contributed by atoms with Crippen molar-refractivity contribution in [3.63, 3.8) is 0 Å². The molecule has 1 aliphatic carbocycles. The van der Waals surface area contributed by atoms with Gasteiger partial charge < -0.3 is 15.8 Å². The number of nitrogens with two attached hydrogens (primary N) is 1. The fraction of sp³-hybridized carbons (Fsp3) is 0.562. The molecular weight excluding hydrogens is 288 g/mol. The van der Waals surface area contributed by atoms with Crippen molar-refractivity contribution in [1.29, 1.82) is 0 Å². The molecule has 2 unspecified atom stereocenters. The van der Waals surface area contributed by atoms with Gasteiger partial charge in [-0.2, -0.15) is 0 Å². The highest BCUT2D eigenvalue weighted by molar-refractivity contribution is 6.34. The van der Waals surface area contributed by atoms with Gasteiger partial charge in [0.25, 0.3) is 0 Å². The topological polar surface area (TPSA) is 64.3 Å². The molecular formula is C16H23ClN2O2. The van der Waals surface area contributed by atoms with E-state index < -0.39 is 0 Å². The standard InChI is InChI=1S/C16H23ClN2O2/c1-11-3-2-4-13(9-11)21-8-7-16(20)19-15-6-5-12(18)10-14(15)17/h5-6,10-11,13H,2-4,7-9,18H2,1H3,(H,19,20). The predicted molar refractivity (Wildman–Crippen MR) is 86.5 cm³/mol. The highest BCUT2D eigenvalue weighted by atomic mass is 35.5. The number of rotatable bonds is 5. The number of halogens is 1. The number of anilines is 2. The lowest BCUT2D eigenvalue weighted by Gasteiger charge is -2.26. The quantitative estimate of drug-likeness (QED) is 0.812. The summed E-state index contributed by atoms with van der Waals surface area (Å²) in [4.78, 5) is 11.9. The van der Waals surface area contributed by atoms with Crippen LogP contribution >= 0.6 is 11.6 Å². The zero-order valence-corrected chi connectivity index (χ0v) is 13.2. The van der Waals surface area contributed by atoms with Gasteiger partial charge in [0.1, 0.15) is 0 Å². The molecule has 0 spiro atoms. The van der Waals surface area contributed by atoms with E-state index in [2.05, 4.69) is 12.2 Å². The minimum Gasteiger partial charge on any atom is -0.399 e. The zero-order chi connectivity index (χ0) is 15.2. The Bertz CT molecular complexity index is 493. The fourth-order valence-corrected chi connectivity index (χ4v) is 2.93. The number of carbonyl (C=O) groups excluding carboxylic acids is 1. The highest BCUT2D eigenvalue weighted by Gasteiger charge is 2.19. The van der Waals surface area contributed by atoms with Gasteiger partial charge >= 0.3 is 0 Å². The van der Waals surface area contributed by atoms with Crippen molar-refractivity contribution in [2.24, 2.45) is 5.92 Å². The van der Waals surface area contributed by atoms with E-state index in [1.165, 1.54) is 12.8 Å². The second-order valence-electron chi connectivity index (χ2n) is 5.80. The van der Waals surface area contributed by atoms with Crippen LogP contribution in [0.2, 0.25) is 5.02 Å². The van der Waals surface area contributed by atoms with Crippen molar-refractivity contribution in [3.05, 3.63) is 23.2 Å². The summed E-state index contributed by atoms with van der Waals surface area (Å²) in [7, 11) is 0. The van der Waals surface area contributed by atoms with Gasteiger partial charge in [-0.25, -0.2) is 0 Å². The third-order valence-electron chi connectivity index (χ3n) is 3.84. The summed E-state index contributed by atoms with van der Waals surface area (Å²) in [5, 5.41) is 3.23. The first-order valence-electron chi connectivity index (χ1n) is 7.51. The minimum absolute atomic E-state index is 0.0921. The molecule has 21 heavy (non-hydrogen) atoms. The third-order valence-corrected chi connectivity index (χ3v) is 4.15. The smallest absolute Gasteiger partial charge is 0.226 e. The Morgan fingerprint density at radius 2 is 2.29 bits per heavy atom. The van der Waals surface area contributed by atoms with Crippen LogP contribution in [0.4, 0.5) is 11.4 Å². The number of carbonyl (C=O) groups is 1. The molecule has 1 aromatic rings. The van der Waals surface area contributed by atoms with E-state index in [0.717, 1.165) is 18.8 Å². The molecule has 2 rings (SSSR count). The lowest BCUT2D eigenvalue weighted by atomic mass is 9.89. The number of hydrogen-bond donors (Lipinski definition) is 2. The van der Waals surface area contributed by atoms with E-state index in [1.54, 1.807) is 18.2 Å². The molecule has 5 heteroatoms. The van der Waals surface area contributed by atoms with Gasteiger partial charge in [0.2, 0.25) is 5.91 Å². The Balaban J connectivity index is 1.72. The molecule has 0 saturated heterocycles. The van der Waals surface area contributed by atoms with Crippen LogP contribution in [-0.2, 0) is 9.53 Å². The van der Waals surface area contributed by atoms with E-state index in [4.69, 9.17) is 22.1 Å². The molecule has 0 aliphatic heterocycles. The number of benzene rings is 1. The molecule has 1 amide bonds. The molecule has 3 N–H and O–H groups in total. The molecule has 1 aliphatic rings. The maximum Gasteiger partial charge on any atom is 0.226 e. The molecule has 0 bridgehead atoms. The molecule has 0 heterocycles. The minimum atomic E-state index is -0.0921. The third kappa shape index (κ3) is 5.21. The SMILES string of the molecule is CC1CCCC(OCCC(=O)Nc2ccc(N)cc2Cl)C1. The van der Waals surface area contributed by atoms with Crippen molar-refractivity contribution in [2.45, 2.75) is 45.1 Å². The Hall–Kier alpha value is -1.26. The number of ether oxygens (including phenoxy) is 1. The number of amides is 1. The van der Waals surface area contributed by atoms with Crippen LogP contribution in [0.25, 0.3) is 0 Å². The van der Waals surface area contributed by atoms with Crippen LogP contribution in [-0.4, -0.2) is 18.6 Å². The average Bonchev–Trinajstić information content (AvgIpc) is 2.42.